The number of rotatable bonds is 1. The SMILES string of the molecule is Nc1nc(C2CN3CCCC3CO2)nc2c1CCCCC2. The molecule has 0 aromatic carbocycles. The molecule has 0 bridgehead atoms. The lowest BCUT2D eigenvalue weighted by atomic mass is 10.1. The molecule has 5 nitrogen and oxygen atoms in total. The molecule has 2 N–H and O–H groups in total. The second kappa shape index (κ2) is 5.54. The average molecular weight is 288 g/mol. The van der Waals surface area contributed by atoms with Crippen LogP contribution in [0, 0.1) is 0 Å². The van der Waals surface area contributed by atoms with Crippen LogP contribution in [0.1, 0.15) is 55.3 Å². The van der Waals surface area contributed by atoms with Gasteiger partial charge in [0.15, 0.2) is 5.82 Å². The first-order valence-electron chi connectivity index (χ1n) is 8.32. The Hall–Kier alpha value is -1.20. The number of aryl methyl sites for hydroxylation is 1. The van der Waals surface area contributed by atoms with E-state index in [-0.39, 0.29) is 6.10 Å². The summed E-state index contributed by atoms with van der Waals surface area (Å²) in [5.41, 5.74) is 8.56. The van der Waals surface area contributed by atoms with Crippen LogP contribution >= 0.6 is 0 Å². The van der Waals surface area contributed by atoms with Crippen molar-refractivity contribution >= 4 is 5.82 Å². The van der Waals surface area contributed by atoms with E-state index in [0.717, 1.165) is 31.8 Å². The maximum atomic E-state index is 6.20. The van der Waals surface area contributed by atoms with Crippen LogP contribution in [0.2, 0.25) is 0 Å². The summed E-state index contributed by atoms with van der Waals surface area (Å²) >= 11 is 0. The lowest BCUT2D eigenvalue weighted by molar-refractivity contribution is -0.0541. The standard InChI is InChI=1S/C16H24N4O/c17-15-12-6-2-1-3-7-13(12)18-16(19-15)14-9-20-8-4-5-11(20)10-21-14/h11,14H,1-10H2,(H2,17,18,19). The predicted molar refractivity (Wildman–Crippen MR) is 81.0 cm³/mol. The van der Waals surface area contributed by atoms with Gasteiger partial charge in [0.1, 0.15) is 11.9 Å². The molecule has 1 aromatic rings. The molecule has 0 amide bonds. The van der Waals surface area contributed by atoms with Gasteiger partial charge in [-0.1, -0.05) is 6.42 Å². The van der Waals surface area contributed by atoms with Gasteiger partial charge in [0.2, 0.25) is 0 Å². The van der Waals surface area contributed by atoms with E-state index >= 15 is 0 Å². The molecule has 2 atom stereocenters. The van der Waals surface area contributed by atoms with Crippen molar-refractivity contribution in [1.82, 2.24) is 14.9 Å². The Balaban J connectivity index is 1.60. The largest absolute Gasteiger partial charge is 0.383 e. The number of fused-ring (bicyclic) bond motifs is 2. The summed E-state index contributed by atoms with van der Waals surface area (Å²) in [5, 5.41) is 0. The van der Waals surface area contributed by atoms with Crippen molar-refractivity contribution in [2.75, 3.05) is 25.4 Å². The first-order chi connectivity index (χ1) is 10.3. The Labute approximate surface area is 125 Å². The summed E-state index contributed by atoms with van der Waals surface area (Å²) in [4.78, 5) is 11.9. The molecular weight excluding hydrogens is 264 g/mol. The van der Waals surface area contributed by atoms with Crippen LogP contribution in [0.15, 0.2) is 0 Å². The minimum atomic E-state index is -0.00444. The van der Waals surface area contributed by atoms with Crippen LogP contribution in [0.3, 0.4) is 0 Å². The summed E-state index contributed by atoms with van der Waals surface area (Å²) in [6.45, 7) is 2.92. The van der Waals surface area contributed by atoms with E-state index in [9.17, 15) is 0 Å². The number of anilines is 1. The van der Waals surface area contributed by atoms with Gasteiger partial charge in [-0.15, -0.1) is 0 Å². The molecule has 2 saturated heterocycles. The van der Waals surface area contributed by atoms with Crippen LogP contribution < -0.4 is 5.73 Å². The third kappa shape index (κ3) is 2.53. The highest BCUT2D eigenvalue weighted by Crippen LogP contribution is 2.31. The van der Waals surface area contributed by atoms with Gasteiger partial charge in [-0.25, -0.2) is 9.97 Å². The minimum absolute atomic E-state index is 0.00444. The number of nitrogens with zero attached hydrogens (tertiary/aromatic N) is 3. The van der Waals surface area contributed by atoms with Gasteiger partial charge >= 0.3 is 0 Å². The molecule has 5 heteroatoms. The van der Waals surface area contributed by atoms with Crippen LogP contribution in [0.25, 0.3) is 0 Å². The van der Waals surface area contributed by atoms with Crippen LogP contribution in [-0.4, -0.2) is 40.6 Å². The molecule has 3 heterocycles. The summed E-state index contributed by atoms with van der Waals surface area (Å²) in [6.07, 6.45) is 8.29. The molecule has 1 aliphatic carbocycles. The fourth-order valence-corrected chi connectivity index (χ4v) is 3.94. The molecule has 2 aliphatic heterocycles. The van der Waals surface area contributed by atoms with Gasteiger partial charge in [-0.05, 0) is 45.1 Å². The molecule has 114 valence electrons. The number of aromatic nitrogens is 2. The molecule has 0 saturated carbocycles. The van der Waals surface area contributed by atoms with Crippen molar-refractivity contribution in [3.8, 4) is 0 Å². The van der Waals surface area contributed by atoms with Crippen molar-refractivity contribution in [1.29, 1.82) is 0 Å². The fraction of sp³-hybridized carbons (Fsp3) is 0.750. The van der Waals surface area contributed by atoms with Crippen LogP contribution in [-0.2, 0) is 17.6 Å². The van der Waals surface area contributed by atoms with Gasteiger partial charge in [0.25, 0.3) is 0 Å². The van der Waals surface area contributed by atoms with E-state index in [1.54, 1.807) is 0 Å². The average Bonchev–Trinajstić information content (AvgIpc) is 2.83. The molecule has 1 aromatic heterocycles. The Kier molecular flexibility index (Phi) is 3.55. The van der Waals surface area contributed by atoms with Gasteiger partial charge < -0.3 is 10.5 Å². The Morgan fingerprint density at radius 2 is 2.00 bits per heavy atom. The zero-order valence-corrected chi connectivity index (χ0v) is 12.6. The molecule has 0 radical (unpaired) electrons. The maximum Gasteiger partial charge on any atom is 0.161 e. The number of nitrogen functional groups attached to an aromatic ring is 1. The van der Waals surface area contributed by atoms with Gasteiger partial charge in [-0.3, -0.25) is 4.90 Å². The van der Waals surface area contributed by atoms with Crippen molar-refractivity contribution in [2.24, 2.45) is 0 Å². The molecule has 4 rings (SSSR count). The highest BCUT2D eigenvalue weighted by atomic mass is 16.5. The molecule has 3 aliphatic rings. The molecule has 2 unspecified atom stereocenters. The van der Waals surface area contributed by atoms with E-state index in [4.69, 9.17) is 15.5 Å². The first-order valence-corrected chi connectivity index (χ1v) is 8.32. The Morgan fingerprint density at radius 3 is 2.95 bits per heavy atom. The van der Waals surface area contributed by atoms with Gasteiger partial charge in [0, 0.05) is 23.8 Å². The summed E-state index contributed by atoms with van der Waals surface area (Å²) in [6, 6.07) is 0.611. The number of hydrogen-bond acceptors (Lipinski definition) is 5. The van der Waals surface area contributed by atoms with Gasteiger partial charge in [-0.2, -0.15) is 0 Å². The summed E-state index contributed by atoms with van der Waals surface area (Å²) < 4.78 is 6.03. The topological polar surface area (TPSA) is 64.3 Å². The highest BCUT2D eigenvalue weighted by molar-refractivity contribution is 5.43. The van der Waals surface area contributed by atoms with E-state index in [2.05, 4.69) is 9.88 Å². The van der Waals surface area contributed by atoms with Crippen molar-refractivity contribution in [3.05, 3.63) is 17.1 Å². The highest BCUT2D eigenvalue weighted by Gasteiger charge is 2.34. The van der Waals surface area contributed by atoms with Gasteiger partial charge in [0.05, 0.1) is 6.61 Å². The summed E-state index contributed by atoms with van der Waals surface area (Å²) in [7, 11) is 0. The maximum absolute atomic E-state index is 6.20. The number of morpholine rings is 1. The predicted octanol–water partition coefficient (Wildman–Crippen LogP) is 1.86. The number of hydrogen-bond donors (Lipinski definition) is 1. The second-order valence-electron chi connectivity index (χ2n) is 6.57. The zero-order chi connectivity index (χ0) is 14.2. The summed E-state index contributed by atoms with van der Waals surface area (Å²) in [5.74, 6) is 1.49. The van der Waals surface area contributed by atoms with Crippen molar-refractivity contribution in [2.45, 2.75) is 57.1 Å². The third-order valence-corrected chi connectivity index (χ3v) is 5.16. The van der Waals surface area contributed by atoms with Crippen LogP contribution in [0.5, 0.6) is 0 Å². The minimum Gasteiger partial charge on any atom is -0.383 e. The van der Waals surface area contributed by atoms with E-state index in [1.165, 1.54) is 49.9 Å². The van der Waals surface area contributed by atoms with E-state index < -0.39 is 0 Å². The second-order valence-corrected chi connectivity index (χ2v) is 6.57. The lowest BCUT2D eigenvalue weighted by Crippen LogP contribution is -2.43. The smallest absolute Gasteiger partial charge is 0.161 e. The van der Waals surface area contributed by atoms with E-state index in [0.29, 0.717) is 11.9 Å². The molecular formula is C16H24N4O. The third-order valence-electron chi connectivity index (χ3n) is 5.16. The fourth-order valence-electron chi connectivity index (χ4n) is 3.94. The quantitative estimate of drug-likeness (QED) is 0.799. The van der Waals surface area contributed by atoms with Crippen LogP contribution in [0.4, 0.5) is 5.82 Å². The zero-order valence-electron chi connectivity index (χ0n) is 12.6. The molecule has 0 spiro atoms. The van der Waals surface area contributed by atoms with E-state index in [1.807, 2.05) is 0 Å². The number of nitrogens with two attached hydrogens (primary N) is 1. The van der Waals surface area contributed by atoms with Crippen molar-refractivity contribution in [3.63, 3.8) is 0 Å². The van der Waals surface area contributed by atoms with Crippen molar-refractivity contribution < 1.29 is 4.74 Å². The molecule has 21 heavy (non-hydrogen) atoms. The lowest BCUT2D eigenvalue weighted by Gasteiger charge is -2.34. The Morgan fingerprint density at radius 1 is 1.10 bits per heavy atom. The number of ether oxygens (including phenoxy) is 1. The molecule has 2 fully saturated rings. The normalized spacial score (nSPS) is 29.7. The first kappa shape index (κ1) is 13.5. The Bertz CT molecular complexity index is 533. The monoisotopic (exact) mass is 288 g/mol.